The Labute approximate surface area is 208 Å². The molecule has 1 aromatic carbocycles. The first kappa shape index (κ1) is 24.3. The van der Waals surface area contributed by atoms with Crippen LogP contribution in [0.5, 0.6) is 0 Å². The lowest BCUT2D eigenvalue weighted by atomic mass is 10.0. The highest BCUT2D eigenvalue weighted by molar-refractivity contribution is 7.97. The summed E-state index contributed by atoms with van der Waals surface area (Å²) in [6, 6.07) is 7.06. The number of halogens is 1. The first-order valence-corrected chi connectivity index (χ1v) is 12.9. The molecule has 1 aliphatic heterocycles. The van der Waals surface area contributed by atoms with Gasteiger partial charge in [0.15, 0.2) is 5.69 Å². The monoisotopic (exact) mass is 500 g/mol. The van der Waals surface area contributed by atoms with E-state index in [0.29, 0.717) is 22.5 Å². The van der Waals surface area contributed by atoms with Gasteiger partial charge in [-0.2, -0.15) is 0 Å². The van der Waals surface area contributed by atoms with Crippen LogP contribution in [-0.4, -0.2) is 39.8 Å². The molecule has 2 N–H and O–H groups in total. The van der Waals surface area contributed by atoms with Gasteiger partial charge >= 0.3 is 0 Å². The first-order chi connectivity index (χ1) is 16.3. The highest BCUT2D eigenvalue weighted by Gasteiger charge is 2.22. The number of hydrogen-bond donors (Lipinski definition) is 2. The average molecular weight is 501 g/mol. The summed E-state index contributed by atoms with van der Waals surface area (Å²) in [5, 5.41) is 4.21. The van der Waals surface area contributed by atoms with E-state index in [1.165, 1.54) is 18.4 Å². The SMILES string of the molecule is CSNC(=O)c1nc(Cl)ccc1NC(C)c1cc(C)cc2c(=O)n(C)c(N3CCCCC3)nc12. The van der Waals surface area contributed by atoms with E-state index < -0.39 is 0 Å². The van der Waals surface area contributed by atoms with Crippen molar-refractivity contribution in [1.82, 2.24) is 19.3 Å². The molecule has 1 amide bonds. The molecule has 1 fully saturated rings. The molecule has 0 radical (unpaired) electrons. The van der Waals surface area contributed by atoms with Gasteiger partial charge in [0.1, 0.15) is 5.15 Å². The van der Waals surface area contributed by atoms with Gasteiger partial charge in [-0.1, -0.05) is 29.6 Å². The molecule has 0 bridgehead atoms. The van der Waals surface area contributed by atoms with Crippen LogP contribution in [0, 0.1) is 6.92 Å². The molecular weight excluding hydrogens is 472 g/mol. The molecule has 180 valence electrons. The Bertz CT molecular complexity index is 1290. The largest absolute Gasteiger partial charge is 0.377 e. The number of nitrogens with zero attached hydrogens (tertiary/aromatic N) is 4. The standard InChI is InChI=1S/C24H29ClN6O2S/c1-14-12-16(15(2)26-18-8-9-19(25)27-21(18)22(32)29-34-4)20-17(13-14)23(33)30(3)24(28-20)31-10-6-5-7-11-31/h8-9,12-13,15,26H,5-7,10-11H2,1-4H3,(H,29,32). The summed E-state index contributed by atoms with van der Waals surface area (Å²) in [4.78, 5) is 37.3. The molecule has 1 atom stereocenters. The Morgan fingerprint density at radius 3 is 2.62 bits per heavy atom. The molecule has 3 aromatic rings. The van der Waals surface area contributed by atoms with Crippen molar-refractivity contribution in [2.24, 2.45) is 7.05 Å². The van der Waals surface area contributed by atoms with Gasteiger partial charge in [-0.3, -0.25) is 18.9 Å². The van der Waals surface area contributed by atoms with E-state index in [0.717, 1.165) is 37.1 Å². The summed E-state index contributed by atoms with van der Waals surface area (Å²) in [5.74, 6) is 0.362. The normalized spacial score (nSPS) is 14.8. The first-order valence-electron chi connectivity index (χ1n) is 11.3. The summed E-state index contributed by atoms with van der Waals surface area (Å²) in [7, 11) is 1.79. The van der Waals surface area contributed by atoms with Crippen LogP contribution >= 0.6 is 23.5 Å². The number of amides is 1. The second-order valence-electron chi connectivity index (χ2n) is 8.61. The molecular formula is C24H29ClN6O2S. The zero-order valence-electron chi connectivity index (χ0n) is 19.8. The molecule has 2 aromatic heterocycles. The molecule has 1 saturated heterocycles. The zero-order valence-corrected chi connectivity index (χ0v) is 21.4. The van der Waals surface area contributed by atoms with Crippen LogP contribution < -0.4 is 20.5 Å². The van der Waals surface area contributed by atoms with Crippen molar-refractivity contribution in [3.63, 3.8) is 0 Å². The summed E-state index contributed by atoms with van der Waals surface area (Å²) < 4.78 is 4.35. The highest BCUT2D eigenvalue weighted by atomic mass is 35.5. The lowest BCUT2D eigenvalue weighted by Gasteiger charge is -2.29. The maximum atomic E-state index is 13.3. The lowest BCUT2D eigenvalue weighted by Crippen LogP contribution is -2.35. The Morgan fingerprint density at radius 1 is 1.18 bits per heavy atom. The third-order valence-corrected chi connectivity index (χ3v) is 6.68. The zero-order chi connectivity index (χ0) is 24.4. The number of benzene rings is 1. The Balaban J connectivity index is 1.79. The van der Waals surface area contributed by atoms with Crippen molar-refractivity contribution >= 4 is 52.0 Å². The van der Waals surface area contributed by atoms with Gasteiger partial charge < -0.3 is 10.2 Å². The van der Waals surface area contributed by atoms with Gasteiger partial charge in [0, 0.05) is 32.0 Å². The average Bonchev–Trinajstić information content (AvgIpc) is 2.83. The number of rotatable bonds is 6. The number of nitrogens with one attached hydrogen (secondary N) is 2. The van der Waals surface area contributed by atoms with Crippen LogP contribution in [0.2, 0.25) is 5.15 Å². The molecule has 0 aliphatic carbocycles. The highest BCUT2D eigenvalue weighted by Crippen LogP contribution is 2.29. The number of carbonyl (C=O) groups excluding carboxylic acids is 1. The predicted octanol–water partition coefficient (Wildman–Crippen LogP) is 4.46. The fourth-order valence-corrected chi connectivity index (χ4v) is 4.85. The molecule has 4 rings (SSSR count). The lowest BCUT2D eigenvalue weighted by molar-refractivity contribution is 0.0980. The molecule has 3 heterocycles. The van der Waals surface area contributed by atoms with Crippen LogP contribution in [0.3, 0.4) is 0 Å². The molecule has 0 saturated carbocycles. The summed E-state index contributed by atoms with van der Waals surface area (Å²) in [5.41, 5.74) is 3.23. The molecule has 1 aliphatic rings. The van der Waals surface area contributed by atoms with Gasteiger partial charge in [0.2, 0.25) is 5.95 Å². The second kappa shape index (κ2) is 10.2. The fourth-order valence-electron chi connectivity index (χ4n) is 4.42. The van der Waals surface area contributed by atoms with Crippen molar-refractivity contribution in [3.05, 3.63) is 56.6 Å². The van der Waals surface area contributed by atoms with E-state index in [1.807, 2.05) is 26.0 Å². The van der Waals surface area contributed by atoms with Crippen LogP contribution in [-0.2, 0) is 7.05 Å². The molecule has 34 heavy (non-hydrogen) atoms. The smallest absolute Gasteiger partial charge is 0.281 e. The number of aromatic nitrogens is 3. The number of hydrogen-bond acceptors (Lipinski definition) is 7. The maximum Gasteiger partial charge on any atom is 0.281 e. The van der Waals surface area contributed by atoms with Crippen molar-refractivity contribution in [1.29, 1.82) is 0 Å². The minimum absolute atomic E-state index is 0.0593. The van der Waals surface area contributed by atoms with Gasteiger partial charge in [-0.25, -0.2) is 9.97 Å². The number of piperidine rings is 1. The van der Waals surface area contributed by atoms with E-state index in [4.69, 9.17) is 16.6 Å². The minimum atomic E-state index is -0.335. The summed E-state index contributed by atoms with van der Waals surface area (Å²) >= 11 is 7.25. The van der Waals surface area contributed by atoms with Gasteiger partial charge in [-0.15, -0.1) is 0 Å². The predicted molar refractivity (Wildman–Crippen MR) is 140 cm³/mol. The number of anilines is 2. The molecule has 10 heteroatoms. The van der Waals surface area contributed by atoms with E-state index in [2.05, 4.69) is 19.9 Å². The Morgan fingerprint density at radius 2 is 1.91 bits per heavy atom. The number of fused-ring (bicyclic) bond motifs is 1. The van der Waals surface area contributed by atoms with Crippen LogP contribution in [0.25, 0.3) is 10.9 Å². The summed E-state index contributed by atoms with van der Waals surface area (Å²) in [6.45, 7) is 5.74. The fraction of sp³-hybridized carbons (Fsp3) is 0.417. The Kier molecular flexibility index (Phi) is 7.33. The van der Waals surface area contributed by atoms with Crippen molar-refractivity contribution < 1.29 is 4.79 Å². The van der Waals surface area contributed by atoms with E-state index >= 15 is 0 Å². The second-order valence-corrected chi connectivity index (χ2v) is 9.61. The van der Waals surface area contributed by atoms with E-state index in [9.17, 15) is 9.59 Å². The Hall–Kier alpha value is -2.78. The quantitative estimate of drug-likeness (QED) is 0.381. The maximum absolute atomic E-state index is 13.3. The molecule has 8 nitrogen and oxygen atoms in total. The van der Waals surface area contributed by atoms with Crippen LogP contribution in [0.1, 0.15) is 53.8 Å². The van der Waals surface area contributed by atoms with Crippen LogP contribution in [0.4, 0.5) is 11.6 Å². The van der Waals surface area contributed by atoms with Gasteiger partial charge in [-0.05, 0) is 56.9 Å². The minimum Gasteiger partial charge on any atom is -0.377 e. The van der Waals surface area contributed by atoms with Gasteiger partial charge in [0.25, 0.3) is 11.5 Å². The van der Waals surface area contributed by atoms with Gasteiger partial charge in [0.05, 0.1) is 22.6 Å². The van der Waals surface area contributed by atoms with Crippen molar-refractivity contribution in [2.45, 2.75) is 39.2 Å². The van der Waals surface area contributed by atoms with Crippen LogP contribution in [0.15, 0.2) is 29.1 Å². The van der Waals surface area contributed by atoms with E-state index in [-0.39, 0.29) is 28.4 Å². The number of aryl methyl sites for hydroxylation is 1. The van der Waals surface area contributed by atoms with Crippen molar-refractivity contribution in [3.8, 4) is 0 Å². The van der Waals surface area contributed by atoms with E-state index in [1.54, 1.807) is 30.0 Å². The number of pyridine rings is 1. The summed E-state index contributed by atoms with van der Waals surface area (Å²) in [6.07, 6.45) is 5.16. The molecule has 0 spiro atoms. The third kappa shape index (κ3) is 4.86. The number of carbonyl (C=O) groups is 1. The third-order valence-electron chi connectivity index (χ3n) is 6.08. The topological polar surface area (TPSA) is 92.2 Å². The van der Waals surface area contributed by atoms with Crippen molar-refractivity contribution in [2.75, 3.05) is 29.6 Å². The molecule has 1 unspecified atom stereocenters.